The van der Waals surface area contributed by atoms with Crippen molar-refractivity contribution in [3.8, 4) is 0 Å². The Morgan fingerprint density at radius 1 is 1.27 bits per heavy atom. The van der Waals surface area contributed by atoms with Gasteiger partial charge < -0.3 is 10.1 Å². The summed E-state index contributed by atoms with van der Waals surface area (Å²) in [6, 6.07) is 8.45. The molecule has 0 aromatic heterocycles. The molecule has 0 saturated heterocycles. The van der Waals surface area contributed by atoms with Crippen LogP contribution in [0, 0.1) is 6.92 Å². The van der Waals surface area contributed by atoms with Crippen molar-refractivity contribution in [1.29, 1.82) is 0 Å². The molecule has 0 unspecified atom stereocenters. The Balaban J connectivity index is 2.18. The first-order valence-electron chi connectivity index (χ1n) is 5.57. The van der Waals surface area contributed by atoms with Gasteiger partial charge >= 0.3 is 0 Å². The van der Waals surface area contributed by atoms with Crippen LogP contribution in [-0.4, -0.2) is 19.3 Å². The zero-order valence-corrected chi connectivity index (χ0v) is 9.92. The van der Waals surface area contributed by atoms with Crippen molar-refractivity contribution in [2.45, 2.75) is 33.4 Å². The normalized spacial score (nSPS) is 10.9. The smallest absolute Gasteiger partial charge is 0.0594 e. The zero-order chi connectivity index (χ0) is 11.1. The molecule has 84 valence electrons. The van der Waals surface area contributed by atoms with Crippen LogP contribution in [0.2, 0.25) is 0 Å². The van der Waals surface area contributed by atoms with E-state index in [1.807, 2.05) is 0 Å². The molecule has 0 heterocycles. The predicted octanol–water partition coefficient (Wildman–Crippen LogP) is 2.51. The molecule has 0 aliphatic carbocycles. The highest BCUT2D eigenvalue weighted by molar-refractivity contribution is 5.25. The Kier molecular flexibility index (Phi) is 5.37. The van der Waals surface area contributed by atoms with E-state index >= 15 is 0 Å². The van der Waals surface area contributed by atoms with Crippen molar-refractivity contribution in [3.05, 3.63) is 35.4 Å². The maximum atomic E-state index is 5.45. The summed E-state index contributed by atoms with van der Waals surface area (Å²) in [5.74, 6) is 0. The molecule has 0 spiro atoms. The molecular formula is C13H21NO. The van der Waals surface area contributed by atoms with Gasteiger partial charge in [-0.05, 0) is 31.9 Å². The van der Waals surface area contributed by atoms with Gasteiger partial charge in [-0.15, -0.1) is 0 Å². The molecule has 0 bridgehead atoms. The van der Waals surface area contributed by atoms with Crippen LogP contribution in [0.4, 0.5) is 0 Å². The van der Waals surface area contributed by atoms with Gasteiger partial charge in [0.05, 0.1) is 12.7 Å². The quantitative estimate of drug-likeness (QED) is 0.724. The van der Waals surface area contributed by atoms with Gasteiger partial charge in [0, 0.05) is 13.1 Å². The summed E-state index contributed by atoms with van der Waals surface area (Å²) in [6.45, 7) is 8.87. The third kappa shape index (κ3) is 4.96. The Hall–Kier alpha value is -0.860. The fourth-order valence-electron chi connectivity index (χ4n) is 1.40. The molecular weight excluding hydrogens is 186 g/mol. The molecule has 1 aromatic rings. The van der Waals surface area contributed by atoms with Crippen molar-refractivity contribution in [2.24, 2.45) is 0 Å². The van der Waals surface area contributed by atoms with E-state index in [4.69, 9.17) is 4.74 Å². The van der Waals surface area contributed by atoms with E-state index in [0.717, 1.165) is 19.7 Å². The largest absolute Gasteiger partial charge is 0.377 e. The van der Waals surface area contributed by atoms with Crippen LogP contribution in [0.15, 0.2) is 24.3 Å². The van der Waals surface area contributed by atoms with E-state index in [-0.39, 0.29) is 0 Å². The van der Waals surface area contributed by atoms with E-state index in [1.165, 1.54) is 11.1 Å². The number of hydrogen-bond acceptors (Lipinski definition) is 2. The van der Waals surface area contributed by atoms with Crippen LogP contribution in [0.1, 0.15) is 25.0 Å². The first kappa shape index (κ1) is 12.2. The molecule has 1 N–H and O–H groups in total. The Labute approximate surface area is 92.6 Å². The summed E-state index contributed by atoms with van der Waals surface area (Å²) in [7, 11) is 0. The summed E-state index contributed by atoms with van der Waals surface area (Å²) < 4.78 is 5.45. The molecule has 0 saturated carbocycles. The predicted molar refractivity (Wildman–Crippen MR) is 64.0 cm³/mol. The molecule has 1 rings (SSSR count). The highest BCUT2D eigenvalue weighted by atomic mass is 16.5. The maximum absolute atomic E-state index is 5.45. The molecule has 2 nitrogen and oxygen atoms in total. The van der Waals surface area contributed by atoms with Gasteiger partial charge in [-0.1, -0.05) is 24.3 Å². The minimum atomic E-state index is 0.324. The molecule has 0 aliphatic rings. The van der Waals surface area contributed by atoms with Crippen LogP contribution < -0.4 is 5.32 Å². The van der Waals surface area contributed by atoms with Crippen molar-refractivity contribution < 1.29 is 4.74 Å². The molecule has 2 heteroatoms. The van der Waals surface area contributed by atoms with Crippen molar-refractivity contribution in [1.82, 2.24) is 5.32 Å². The van der Waals surface area contributed by atoms with Gasteiger partial charge in [-0.25, -0.2) is 0 Å². The lowest BCUT2D eigenvalue weighted by Crippen LogP contribution is -2.21. The second-order valence-corrected chi connectivity index (χ2v) is 4.02. The number of ether oxygens (including phenoxy) is 1. The van der Waals surface area contributed by atoms with Crippen molar-refractivity contribution in [3.63, 3.8) is 0 Å². The van der Waals surface area contributed by atoms with Crippen molar-refractivity contribution in [2.75, 3.05) is 13.2 Å². The van der Waals surface area contributed by atoms with Crippen LogP contribution in [0.25, 0.3) is 0 Å². The van der Waals surface area contributed by atoms with E-state index in [1.54, 1.807) is 0 Å². The fourth-order valence-corrected chi connectivity index (χ4v) is 1.40. The first-order chi connectivity index (χ1) is 7.20. The van der Waals surface area contributed by atoms with Gasteiger partial charge in [0.2, 0.25) is 0 Å². The van der Waals surface area contributed by atoms with E-state index in [0.29, 0.717) is 6.10 Å². The Morgan fingerprint density at radius 3 is 2.67 bits per heavy atom. The molecule has 0 fully saturated rings. The molecule has 0 aliphatic heterocycles. The van der Waals surface area contributed by atoms with Gasteiger partial charge in [-0.2, -0.15) is 0 Å². The minimum absolute atomic E-state index is 0.324. The van der Waals surface area contributed by atoms with Crippen LogP contribution in [0.5, 0.6) is 0 Å². The summed E-state index contributed by atoms with van der Waals surface area (Å²) in [5, 5.41) is 3.37. The summed E-state index contributed by atoms with van der Waals surface area (Å²) in [6.07, 6.45) is 0.324. The fraction of sp³-hybridized carbons (Fsp3) is 0.538. The molecule has 15 heavy (non-hydrogen) atoms. The number of rotatable bonds is 6. The van der Waals surface area contributed by atoms with Crippen LogP contribution in [-0.2, 0) is 11.3 Å². The van der Waals surface area contributed by atoms with Gasteiger partial charge in [0.1, 0.15) is 0 Å². The van der Waals surface area contributed by atoms with Gasteiger partial charge in [-0.3, -0.25) is 0 Å². The lowest BCUT2D eigenvalue weighted by atomic mass is 10.1. The number of benzene rings is 1. The van der Waals surface area contributed by atoms with Crippen molar-refractivity contribution >= 4 is 0 Å². The second-order valence-electron chi connectivity index (χ2n) is 4.02. The number of hydrogen-bond donors (Lipinski definition) is 1. The molecule has 0 atom stereocenters. The lowest BCUT2D eigenvalue weighted by Gasteiger charge is -2.09. The average Bonchev–Trinajstić information content (AvgIpc) is 2.20. The zero-order valence-electron chi connectivity index (χ0n) is 9.92. The summed E-state index contributed by atoms with van der Waals surface area (Å²) >= 11 is 0. The first-order valence-corrected chi connectivity index (χ1v) is 5.57. The lowest BCUT2D eigenvalue weighted by molar-refractivity contribution is 0.0807. The monoisotopic (exact) mass is 207 g/mol. The number of aryl methyl sites for hydroxylation is 1. The second kappa shape index (κ2) is 6.59. The van der Waals surface area contributed by atoms with Gasteiger partial charge in [0.25, 0.3) is 0 Å². The van der Waals surface area contributed by atoms with Crippen LogP contribution in [0.3, 0.4) is 0 Å². The Morgan fingerprint density at radius 2 is 2.00 bits per heavy atom. The third-order valence-corrected chi connectivity index (χ3v) is 2.31. The highest BCUT2D eigenvalue weighted by Gasteiger charge is 1.96. The highest BCUT2D eigenvalue weighted by Crippen LogP contribution is 2.05. The number of nitrogens with one attached hydrogen (secondary N) is 1. The van der Waals surface area contributed by atoms with Crippen LogP contribution >= 0.6 is 0 Å². The SMILES string of the molecule is Cc1ccccc1CNCCOC(C)C. The summed E-state index contributed by atoms with van der Waals surface area (Å²) in [4.78, 5) is 0. The third-order valence-electron chi connectivity index (χ3n) is 2.31. The molecule has 0 amide bonds. The topological polar surface area (TPSA) is 21.3 Å². The Bertz CT molecular complexity index is 284. The maximum Gasteiger partial charge on any atom is 0.0594 e. The van der Waals surface area contributed by atoms with Gasteiger partial charge in [0.15, 0.2) is 0 Å². The standard InChI is InChI=1S/C13H21NO/c1-11(2)15-9-8-14-10-13-7-5-4-6-12(13)3/h4-7,11,14H,8-10H2,1-3H3. The average molecular weight is 207 g/mol. The molecule has 1 aromatic carbocycles. The molecule has 0 radical (unpaired) electrons. The van der Waals surface area contributed by atoms with E-state index in [2.05, 4.69) is 50.4 Å². The van der Waals surface area contributed by atoms with E-state index < -0.39 is 0 Å². The minimum Gasteiger partial charge on any atom is -0.377 e. The van der Waals surface area contributed by atoms with E-state index in [9.17, 15) is 0 Å². The summed E-state index contributed by atoms with van der Waals surface area (Å²) in [5.41, 5.74) is 2.71.